The van der Waals surface area contributed by atoms with Gasteiger partial charge in [-0.3, -0.25) is 4.99 Å². The molecule has 0 saturated carbocycles. The van der Waals surface area contributed by atoms with Gasteiger partial charge < -0.3 is 0 Å². The summed E-state index contributed by atoms with van der Waals surface area (Å²) in [6, 6.07) is 17.7. The first kappa shape index (κ1) is 12.6. The van der Waals surface area contributed by atoms with Crippen molar-refractivity contribution < 1.29 is 0 Å². The topological polar surface area (TPSA) is 12.4 Å². The Morgan fingerprint density at radius 2 is 1.67 bits per heavy atom. The predicted octanol–water partition coefficient (Wildman–Crippen LogP) is 5.15. The van der Waals surface area contributed by atoms with Gasteiger partial charge in [0.2, 0.25) is 0 Å². The van der Waals surface area contributed by atoms with Gasteiger partial charge in [0.25, 0.3) is 0 Å². The first-order valence-corrected chi connectivity index (χ1v) is 6.15. The molecule has 0 aromatic heterocycles. The summed E-state index contributed by atoms with van der Waals surface area (Å²) in [6.07, 6.45) is 3.95. The highest BCUT2D eigenvalue weighted by Crippen LogP contribution is 2.16. The highest BCUT2D eigenvalue weighted by Gasteiger charge is 1.90. The highest BCUT2D eigenvalue weighted by molar-refractivity contribution is 6.30. The van der Waals surface area contributed by atoms with Crippen LogP contribution in [-0.2, 0) is 0 Å². The Morgan fingerprint density at radius 3 is 2.33 bits per heavy atom. The summed E-state index contributed by atoms with van der Waals surface area (Å²) in [6.45, 7) is 2.03. The fourth-order valence-corrected chi connectivity index (χ4v) is 1.68. The van der Waals surface area contributed by atoms with E-state index in [1.165, 1.54) is 5.56 Å². The highest BCUT2D eigenvalue weighted by atomic mass is 35.5. The summed E-state index contributed by atoms with van der Waals surface area (Å²) in [7, 11) is 0. The van der Waals surface area contributed by atoms with Crippen molar-refractivity contribution >= 4 is 29.6 Å². The van der Waals surface area contributed by atoms with E-state index in [1.807, 2.05) is 55.6 Å². The molecule has 0 spiro atoms. The number of halogens is 1. The van der Waals surface area contributed by atoms with Gasteiger partial charge in [0.1, 0.15) is 0 Å². The zero-order chi connectivity index (χ0) is 12.8. The smallest absolute Gasteiger partial charge is 0.0630 e. The Morgan fingerprint density at radius 1 is 1.00 bits per heavy atom. The number of rotatable bonds is 3. The molecule has 0 aliphatic carbocycles. The quantitative estimate of drug-likeness (QED) is 0.673. The standard InChI is InChI=1S/C16H14ClN/c1-13(11-14-5-3-2-4-6-14)12-18-16-9-7-15(17)8-10-16/h2-12H,1H3/b13-11+,18-12?. The normalized spacial score (nSPS) is 12.0. The fourth-order valence-electron chi connectivity index (χ4n) is 1.55. The van der Waals surface area contributed by atoms with Gasteiger partial charge in [0, 0.05) is 11.2 Å². The van der Waals surface area contributed by atoms with Crippen molar-refractivity contribution in [2.75, 3.05) is 0 Å². The maximum absolute atomic E-state index is 5.82. The molecule has 0 bridgehead atoms. The van der Waals surface area contributed by atoms with Crippen LogP contribution in [0.4, 0.5) is 5.69 Å². The van der Waals surface area contributed by atoms with E-state index < -0.39 is 0 Å². The molecule has 0 atom stereocenters. The summed E-state index contributed by atoms with van der Waals surface area (Å²) >= 11 is 5.82. The van der Waals surface area contributed by atoms with Gasteiger partial charge in [-0.1, -0.05) is 48.0 Å². The molecule has 0 saturated heterocycles. The lowest BCUT2D eigenvalue weighted by Gasteiger charge is -1.96. The molecule has 2 rings (SSSR count). The number of hydrogen-bond acceptors (Lipinski definition) is 1. The second-order valence-electron chi connectivity index (χ2n) is 4.03. The molecule has 90 valence electrons. The van der Waals surface area contributed by atoms with E-state index in [1.54, 1.807) is 0 Å². The Labute approximate surface area is 112 Å². The zero-order valence-corrected chi connectivity index (χ0v) is 10.9. The lowest BCUT2D eigenvalue weighted by Crippen LogP contribution is -1.78. The number of hydrogen-bond donors (Lipinski definition) is 0. The third-order valence-electron chi connectivity index (χ3n) is 2.44. The fraction of sp³-hybridized carbons (Fsp3) is 0.0625. The molecule has 2 heteroatoms. The Hall–Kier alpha value is -1.86. The number of nitrogens with zero attached hydrogens (tertiary/aromatic N) is 1. The molecular weight excluding hydrogens is 242 g/mol. The molecule has 0 aliphatic rings. The summed E-state index contributed by atoms with van der Waals surface area (Å²) in [5.74, 6) is 0. The van der Waals surface area contributed by atoms with Gasteiger partial charge in [-0.15, -0.1) is 0 Å². The minimum atomic E-state index is 0.727. The lowest BCUT2D eigenvalue weighted by atomic mass is 10.1. The van der Waals surface area contributed by atoms with Crippen LogP contribution in [0.3, 0.4) is 0 Å². The molecule has 18 heavy (non-hydrogen) atoms. The van der Waals surface area contributed by atoms with E-state index in [-0.39, 0.29) is 0 Å². The zero-order valence-electron chi connectivity index (χ0n) is 10.2. The first-order chi connectivity index (χ1) is 8.74. The first-order valence-electron chi connectivity index (χ1n) is 5.77. The van der Waals surface area contributed by atoms with Gasteiger partial charge in [-0.2, -0.15) is 0 Å². The molecule has 2 aromatic carbocycles. The van der Waals surface area contributed by atoms with Crippen molar-refractivity contribution in [2.45, 2.75) is 6.92 Å². The van der Waals surface area contributed by atoms with Crippen LogP contribution in [-0.4, -0.2) is 6.21 Å². The summed E-state index contributed by atoms with van der Waals surface area (Å²) in [4.78, 5) is 4.39. The van der Waals surface area contributed by atoms with Crippen LogP contribution in [0, 0.1) is 0 Å². The monoisotopic (exact) mass is 255 g/mol. The molecular formula is C16H14ClN. The van der Waals surface area contributed by atoms with Crippen LogP contribution in [0.1, 0.15) is 12.5 Å². The second-order valence-corrected chi connectivity index (χ2v) is 4.47. The summed E-state index contributed by atoms with van der Waals surface area (Å²) in [5.41, 5.74) is 3.19. The molecule has 0 amide bonds. The molecule has 0 aliphatic heterocycles. The van der Waals surface area contributed by atoms with Crippen LogP contribution >= 0.6 is 11.6 Å². The van der Waals surface area contributed by atoms with E-state index in [4.69, 9.17) is 11.6 Å². The average molecular weight is 256 g/mol. The molecule has 1 nitrogen and oxygen atoms in total. The molecule has 0 radical (unpaired) electrons. The maximum Gasteiger partial charge on any atom is 0.0630 e. The molecule has 0 N–H and O–H groups in total. The Balaban J connectivity index is 2.09. The minimum Gasteiger partial charge on any atom is -0.257 e. The summed E-state index contributed by atoms with van der Waals surface area (Å²) in [5, 5.41) is 0.727. The molecule has 0 unspecified atom stereocenters. The van der Waals surface area contributed by atoms with Gasteiger partial charge in [-0.25, -0.2) is 0 Å². The van der Waals surface area contributed by atoms with E-state index in [9.17, 15) is 0 Å². The van der Waals surface area contributed by atoms with E-state index in [2.05, 4.69) is 23.2 Å². The van der Waals surface area contributed by atoms with Gasteiger partial charge in [0.05, 0.1) is 5.69 Å². The van der Waals surface area contributed by atoms with Crippen LogP contribution in [0.15, 0.2) is 65.2 Å². The Bertz CT molecular complexity index is 553. The van der Waals surface area contributed by atoms with Crippen molar-refractivity contribution in [2.24, 2.45) is 4.99 Å². The van der Waals surface area contributed by atoms with Crippen LogP contribution < -0.4 is 0 Å². The van der Waals surface area contributed by atoms with E-state index in [0.717, 1.165) is 16.3 Å². The molecule has 0 heterocycles. The van der Waals surface area contributed by atoms with Gasteiger partial charge in [-0.05, 0) is 42.3 Å². The number of allylic oxidation sites excluding steroid dienone is 1. The minimum absolute atomic E-state index is 0.727. The van der Waals surface area contributed by atoms with Crippen LogP contribution in [0.25, 0.3) is 6.08 Å². The SMILES string of the molecule is C/C(C=Nc1ccc(Cl)cc1)=C\c1ccccc1. The van der Waals surface area contributed by atoms with E-state index >= 15 is 0 Å². The number of benzene rings is 2. The van der Waals surface area contributed by atoms with Crippen molar-refractivity contribution in [3.8, 4) is 0 Å². The van der Waals surface area contributed by atoms with Gasteiger partial charge in [0.15, 0.2) is 0 Å². The summed E-state index contributed by atoms with van der Waals surface area (Å²) < 4.78 is 0. The van der Waals surface area contributed by atoms with E-state index in [0.29, 0.717) is 0 Å². The van der Waals surface area contributed by atoms with Crippen LogP contribution in [0.5, 0.6) is 0 Å². The van der Waals surface area contributed by atoms with Crippen molar-refractivity contribution in [3.63, 3.8) is 0 Å². The number of aliphatic imine (C=N–C) groups is 1. The van der Waals surface area contributed by atoms with Crippen molar-refractivity contribution in [1.82, 2.24) is 0 Å². The molecule has 2 aromatic rings. The van der Waals surface area contributed by atoms with Crippen LogP contribution in [0.2, 0.25) is 5.02 Å². The third-order valence-corrected chi connectivity index (χ3v) is 2.69. The predicted molar refractivity (Wildman–Crippen MR) is 79.7 cm³/mol. The lowest BCUT2D eigenvalue weighted by molar-refractivity contribution is 1.51. The third kappa shape index (κ3) is 3.86. The Kier molecular flexibility index (Phi) is 4.32. The largest absolute Gasteiger partial charge is 0.257 e. The maximum atomic E-state index is 5.82. The van der Waals surface area contributed by atoms with Crippen molar-refractivity contribution in [1.29, 1.82) is 0 Å². The second kappa shape index (κ2) is 6.18. The van der Waals surface area contributed by atoms with Gasteiger partial charge >= 0.3 is 0 Å². The van der Waals surface area contributed by atoms with Crippen molar-refractivity contribution in [3.05, 3.63) is 70.8 Å². The molecule has 0 fully saturated rings. The average Bonchev–Trinajstić information content (AvgIpc) is 2.39.